The molecular weight excluding hydrogens is 634 g/mol. The molecule has 0 aliphatic carbocycles. The zero-order valence-corrected chi connectivity index (χ0v) is 26.5. The maximum absolute atomic E-state index is 13.7. The molecule has 1 aromatic carbocycles. The monoisotopic (exact) mass is 670 g/mol. The number of aromatic nitrogens is 4. The van der Waals surface area contributed by atoms with Gasteiger partial charge in [0.15, 0.2) is 0 Å². The highest BCUT2D eigenvalue weighted by Gasteiger charge is 2.41. The fourth-order valence-corrected chi connectivity index (χ4v) is 5.44. The average Bonchev–Trinajstić information content (AvgIpc) is 3.65. The number of rotatable bonds is 10. The van der Waals surface area contributed by atoms with E-state index in [4.69, 9.17) is 9.47 Å². The van der Waals surface area contributed by atoms with Gasteiger partial charge in [-0.05, 0) is 56.9 Å². The lowest BCUT2D eigenvalue weighted by Gasteiger charge is -2.30. The number of methoxy groups -OCH3 is 1. The Labute approximate surface area is 267 Å². The van der Waals surface area contributed by atoms with Gasteiger partial charge in [-0.25, -0.2) is 14.8 Å². The third-order valence-electron chi connectivity index (χ3n) is 8.16. The number of amides is 1. The second-order valence-electron chi connectivity index (χ2n) is 12.1. The van der Waals surface area contributed by atoms with Crippen molar-refractivity contribution < 1.29 is 45.4 Å². The number of aryl methyl sites for hydroxylation is 1. The standard InChI is InChI=1S/C31H36F6N6O4/c1-6-24-12-25(18-43(24)28(45)47-8-7-29(2,3)26(44)46-5)42(27-38-13-20(14-39-27)21-15-40-41(4)17-21)16-19-9-22(30(32,33)34)11-23(10-19)31(35,36)37/h9-11,13-15,17,24-25H,6-8,12,16,18H2,1-5H3/t24-,25+/m1/s1. The Hall–Kier alpha value is -4.37. The van der Waals surface area contributed by atoms with Crippen LogP contribution in [0.25, 0.3) is 11.1 Å². The van der Waals surface area contributed by atoms with Gasteiger partial charge in [0.25, 0.3) is 0 Å². The lowest BCUT2D eigenvalue weighted by atomic mass is 9.90. The number of benzene rings is 1. The minimum atomic E-state index is -5.02. The third-order valence-corrected chi connectivity index (χ3v) is 8.16. The van der Waals surface area contributed by atoms with Crippen LogP contribution in [0.4, 0.5) is 37.1 Å². The highest BCUT2D eigenvalue weighted by molar-refractivity contribution is 5.75. The van der Waals surface area contributed by atoms with E-state index >= 15 is 0 Å². The molecule has 0 spiro atoms. The van der Waals surface area contributed by atoms with E-state index in [9.17, 15) is 35.9 Å². The van der Waals surface area contributed by atoms with Gasteiger partial charge >= 0.3 is 24.4 Å². The Morgan fingerprint density at radius 3 is 2.11 bits per heavy atom. The molecule has 0 radical (unpaired) electrons. The maximum Gasteiger partial charge on any atom is 0.416 e. The number of hydrogen-bond donors (Lipinski definition) is 0. The van der Waals surface area contributed by atoms with Crippen molar-refractivity contribution in [1.82, 2.24) is 24.6 Å². The topological polar surface area (TPSA) is 103 Å². The van der Waals surface area contributed by atoms with Crippen molar-refractivity contribution in [3.05, 3.63) is 59.7 Å². The molecule has 1 saturated heterocycles. The van der Waals surface area contributed by atoms with E-state index in [0.717, 1.165) is 0 Å². The summed E-state index contributed by atoms with van der Waals surface area (Å²) in [5.74, 6) is -0.409. The van der Waals surface area contributed by atoms with Crippen LogP contribution >= 0.6 is 0 Å². The predicted molar refractivity (Wildman–Crippen MR) is 158 cm³/mol. The second kappa shape index (κ2) is 13.8. The van der Waals surface area contributed by atoms with Gasteiger partial charge in [-0.3, -0.25) is 9.48 Å². The van der Waals surface area contributed by atoms with Crippen LogP contribution in [0.3, 0.4) is 0 Å². The number of halogens is 6. The highest BCUT2D eigenvalue weighted by Crippen LogP contribution is 2.37. The quantitative estimate of drug-likeness (QED) is 0.178. The van der Waals surface area contributed by atoms with Crippen LogP contribution in [0.1, 0.15) is 56.7 Å². The van der Waals surface area contributed by atoms with Crippen molar-refractivity contribution in [3.63, 3.8) is 0 Å². The van der Waals surface area contributed by atoms with Gasteiger partial charge in [0.05, 0.1) is 42.5 Å². The molecule has 16 heteroatoms. The number of ether oxygens (including phenoxy) is 2. The normalized spacial score (nSPS) is 17.1. The summed E-state index contributed by atoms with van der Waals surface area (Å²) in [5, 5.41) is 4.11. The second-order valence-corrected chi connectivity index (χ2v) is 12.1. The largest absolute Gasteiger partial charge is 0.469 e. The number of alkyl halides is 6. The number of esters is 1. The van der Waals surface area contributed by atoms with E-state index in [1.807, 2.05) is 6.92 Å². The Morgan fingerprint density at radius 2 is 1.60 bits per heavy atom. The molecule has 10 nitrogen and oxygen atoms in total. The molecule has 2 aromatic heterocycles. The molecule has 0 N–H and O–H groups in total. The zero-order valence-electron chi connectivity index (χ0n) is 26.5. The van der Waals surface area contributed by atoms with Crippen molar-refractivity contribution in [2.75, 3.05) is 25.2 Å². The molecule has 0 bridgehead atoms. The first kappa shape index (κ1) is 35.5. The van der Waals surface area contributed by atoms with Crippen LogP contribution in [0, 0.1) is 5.41 Å². The molecule has 3 aromatic rings. The van der Waals surface area contributed by atoms with E-state index in [2.05, 4.69) is 15.1 Å². The van der Waals surface area contributed by atoms with Crippen molar-refractivity contribution in [2.45, 2.75) is 71.0 Å². The molecule has 47 heavy (non-hydrogen) atoms. The lowest BCUT2D eigenvalue weighted by molar-refractivity contribution is -0.151. The number of hydrogen-bond acceptors (Lipinski definition) is 8. The van der Waals surface area contributed by atoms with Gasteiger partial charge in [0.1, 0.15) is 0 Å². The van der Waals surface area contributed by atoms with Crippen LogP contribution in [-0.4, -0.2) is 69.1 Å². The van der Waals surface area contributed by atoms with Crippen LogP contribution < -0.4 is 4.90 Å². The first-order chi connectivity index (χ1) is 21.9. The third kappa shape index (κ3) is 8.51. The number of anilines is 1. The van der Waals surface area contributed by atoms with Gasteiger partial charge in [0, 0.05) is 55.9 Å². The van der Waals surface area contributed by atoms with Crippen molar-refractivity contribution >= 4 is 18.0 Å². The Kier molecular flexibility index (Phi) is 10.4. The van der Waals surface area contributed by atoms with E-state index in [1.165, 1.54) is 29.3 Å². The van der Waals surface area contributed by atoms with Gasteiger partial charge in [-0.1, -0.05) is 6.92 Å². The maximum atomic E-state index is 13.7. The van der Waals surface area contributed by atoms with Gasteiger partial charge in [-0.2, -0.15) is 31.4 Å². The van der Waals surface area contributed by atoms with E-state index in [1.54, 1.807) is 38.0 Å². The smallest absolute Gasteiger partial charge is 0.416 e. The zero-order chi connectivity index (χ0) is 34.7. The van der Waals surface area contributed by atoms with E-state index in [0.29, 0.717) is 36.1 Å². The van der Waals surface area contributed by atoms with Crippen molar-refractivity contribution in [1.29, 1.82) is 0 Å². The molecule has 1 aliphatic rings. The molecule has 2 atom stereocenters. The van der Waals surface area contributed by atoms with E-state index < -0.39 is 53.5 Å². The average molecular weight is 671 g/mol. The summed E-state index contributed by atoms with van der Waals surface area (Å²) >= 11 is 0. The molecule has 1 amide bonds. The highest BCUT2D eigenvalue weighted by atomic mass is 19.4. The number of carbonyl (C=O) groups excluding carboxylic acids is 2. The molecule has 4 rings (SSSR count). The summed E-state index contributed by atoms with van der Waals surface area (Å²) in [6.45, 7) is 4.71. The number of nitrogens with zero attached hydrogens (tertiary/aromatic N) is 6. The Morgan fingerprint density at radius 1 is 0.979 bits per heavy atom. The Balaban J connectivity index is 1.65. The van der Waals surface area contributed by atoms with Crippen molar-refractivity contribution in [2.24, 2.45) is 12.5 Å². The van der Waals surface area contributed by atoms with Crippen molar-refractivity contribution in [3.8, 4) is 11.1 Å². The minimum absolute atomic E-state index is 0.0382. The van der Waals surface area contributed by atoms with Gasteiger partial charge in [-0.15, -0.1) is 0 Å². The number of likely N-dealkylation sites (tertiary alicyclic amines) is 1. The molecule has 256 valence electrons. The molecule has 3 heterocycles. The SMILES string of the molecule is CC[C@@H]1C[C@H](N(Cc2cc(C(F)(F)F)cc(C(F)(F)F)c2)c2ncc(-c3cnn(C)c3)cn2)CN1C(=O)OCCC(C)(C)C(=O)OC. The fourth-order valence-electron chi connectivity index (χ4n) is 5.44. The predicted octanol–water partition coefficient (Wildman–Crippen LogP) is 6.50. The molecule has 0 unspecified atom stereocenters. The van der Waals surface area contributed by atoms with Crippen LogP contribution in [0.15, 0.2) is 43.0 Å². The summed E-state index contributed by atoms with van der Waals surface area (Å²) in [6.07, 6.45) is -3.40. The lowest BCUT2D eigenvalue weighted by Crippen LogP contribution is -2.40. The first-order valence-corrected chi connectivity index (χ1v) is 14.8. The summed E-state index contributed by atoms with van der Waals surface area (Å²) in [7, 11) is 2.99. The van der Waals surface area contributed by atoms with Crippen LogP contribution in [-0.2, 0) is 40.2 Å². The molecule has 0 saturated carbocycles. The summed E-state index contributed by atoms with van der Waals surface area (Å²) < 4.78 is 94.0. The number of carbonyl (C=O) groups is 2. The van der Waals surface area contributed by atoms with Crippen LogP contribution in [0.2, 0.25) is 0 Å². The van der Waals surface area contributed by atoms with Gasteiger partial charge < -0.3 is 19.3 Å². The summed E-state index contributed by atoms with van der Waals surface area (Å²) in [5.41, 5.74) is -2.73. The summed E-state index contributed by atoms with van der Waals surface area (Å²) in [6, 6.07) is 0.480. The Bertz CT molecular complexity index is 1520. The van der Waals surface area contributed by atoms with E-state index in [-0.39, 0.29) is 43.2 Å². The molecule has 1 fully saturated rings. The molecule has 1 aliphatic heterocycles. The van der Waals surface area contributed by atoms with Gasteiger partial charge in [0.2, 0.25) is 5.95 Å². The summed E-state index contributed by atoms with van der Waals surface area (Å²) in [4.78, 5) is 37.0. The van der Waals surface area contributed by atoms with Crippen LogP contribution in [0.5, 0.6) is 0 Å². The fraction of sp³-hybridized carbons (Fsp3) is 0.516. The first-order valence-electron chi connectivity index (χ1n) is 14.8. The molecular formula is C31H36F6N6O4. The minimum Gasteiger partial charge on any atom is -0.469 e.